The van der Waals surface area contributed by atoms with Crippen LogP contribution in [0.5, 0.6) is 0 Å². The predicted octanol–water partition coefficient (Wildman–Crippen LogP) is 3.95. The second kappa shape index (κ2) is 7.68. The number of ketones is 1. The summed E-state index contributed by atoms with van der Waals surface area (Å²) in [5, 5.41) is 3.59. The number of nitrogens with zero attached hydrogens (tertiary/aromatic N) is 2. The maximum Gasteiger partial charge on any atom is 0.252 e. The van der Waals surface area contributed by atoms with Gasteiger partial charge in [0.1, 0.15) is 17.5 Å². The zero-order valence-electron chi connectivity index (χ0n) is 13.7. The minimum Gasteiger partial charge on any atom is -0.325 e. The lowest BCUT2D eigenvalue weighted by atomic mass is 10.0. The Morgan fingerprint density at radius 1 is 1.15 bits per heavy atom. The monoisotopic (exact) mass is 388 g/mol. The van der Waals surface area contributed by atoms with Crippen LogP contribution in [0.15, 0.2) is 47.4 Å². The van der Waals surface area contributed by atoms with Crippen LogP contribution in [-0.4, -0.2) is 20.7 Å². The Labute approximate surface area is 159 Å². The molecule has 0 radical (unpaired) electrons. The van der Waals surface area contributed by atoms with Crippen LogP contribution in [0, 0.1) is 6.92 Å². The zero-order valence-corrected chi connectivity index (χ0v) is 15.2. The number of aryl methyl sites for hydroxylation is 1. The van der Waals surface area contributed by atoms with Gasteiger partial charge < -0.3 is 10.3 Å². The largest absolute Gasteiger partial charge is 0.325 e. The summed E-state index contributed by atoms with van der Waals surface area (Å²) in [6, 6.07) is 9.70. The molecule has 3 aromatic rings. The van der Waals surface area contributed by atoms with E-state index in [1.807, 2.05) is 0 Å². The average Bonchev–Trinajstić information content (AvgIpc) is 2.54. The number of carbonyl (C=O) groups is 1. The first-order valence-corrected chi connectivity index (χ1v) is 8.45. The second-order valence-corrected chi connectivity index (χ2v) is 6.40. The fraction of sp³-hybridized carbons (Fsp3) is 0.111. The lowest BCUT2D eigenvalue weighted by Gasteiger charge is -2.08. The van der Waals surface area contributed by atoms with E-state index in [0.29, 0.717) is 33.1 Å². The molecule has 26 heavy (non-hydrogen) atoms. The van der Waals surface area contributed by atoms with E-state index in [2.05, 4.69) is 20.3 Å². The standard InChI is InChI=1S/C18H14Cl2N4O2/c1-10-22-16(9-17(26)23-10)24-15-8-11(5-6-21-15)7-14(25)18-12(19)3-2-4-13(18)20/h2-6,8-9H,7H2,1H3,(H2,21,22,23,24,26). The van der Waals surface area contributed by atoms with Crippen LogP contribution in [0.2, 0.25) is 10.0 Å². The number of rotatable bonds is 5. The predicted molar refractivity (Wildman–Crippen MR) is 102 cm³/mol. The molecular formula is C18H14Cl2N4O2. The highest BCUT2D eigenvalue weighted by Crippen LogP contribution is 2.26. The van der Waals surface area contributed by atoms with Crippen LogP contribution in [-0.2, 0) is 6.42 Å². The topological polar surface area (TPSA) is 87.7 Å². The fourth-order valence-corrected chi connectivity index (χ4v) is 3.07. The van der Waals surface area contributed by atoms with E-state index in [-0.39, 0.29) is 17.8 Å². The first kappa shape index (κ1) is 18.1. The van der Waals surface area contributed by atoms with Crippen molar-refractivity contribution in [3.05, 3.63) is 79.9 Å². The highest BCUT2D eigenvalue weighted by molar-refractivity contribution is 6.39. The molecule has 0 aliphatic heterocycles. The molecule has 2 aromatic heterocycles. The molecule has 2 N–H and O–H groups in total. The molecule has 0 spiro atoms. The highest BCUT2D eigenvalue weighted by atomic mass is 35.5. The molecule has 0 aliphatic rings. The fourth-order valence-electron chi connectivity index (χ4n) is 2.47. The summed E-state index contributed by atoms with van der Waals surface area (Å²) in [6.07, 6.45) is 1.68. The summed E-state index contributed by atoms with van der Waals surface area (Å²) in [5.74, 6) is 1.14. The first-order valence-electron chi connectivity index (χ1n) is 7.69. The summed E-state index contributed by atoms with van der Waals surface area (Å²) >= 11 is 12.2. The van der Waals surface area contributed by atoms with Crippen molar-refractivity contribution < 1.29 is 4.79 Å². The van der Waals surface area contributed by atoms with Crippen LogP contribution in [0.3, 0.4) is 0 Å². The summed E-state index contributed by atoms with van der Waals surface area (Å²) in [5.41, 5.74) is 0.763. The maximum absolute atomic E-state index is 12.5. The van der Waals surface area contributed by atoms with Gasteiger partial charge >= 0.3 is 0 Å². The zero-order chi connectivity index (χ0) is 18.7. The Morgan fingerprint density at radius 2 is 1.88 bits per heavy atom. The molecule has 0 atom stereocenters. The number of hydrogen-bond donors (Lipinski definition) is 2. The van der Waals surface area contributed by atoms with Gasteiger partial charge in [-0.05, 0) is 36.8 Å². The highest BCUT2D eigenvalue weighted by Gasteiger charge is 2.15. The normalized spacial score (nSPS) is 10.6. The number of anilines is 2. The van der Waals surface area contributed by atoms with Gasteiger partial charge in [-0.3, -0.25) is 9.59 Å². The van der Waals surface area contributed by atoms with E-state index in [1.54, 1.807) is 43.5 Å². The van der Waals surface area contributed by atoms with Crippen molar-refractivity contribution in [2.75, 3.05) is 5.32 Å². The summed E-state index contributed by atoms with van der Waals surface area (Å²) in [4.78, 5) is 35.0. The van der Waals surface area contributed by atoms with Crippen molar-refractivity contribution in [1.29, 1.82) is 0 Å². The number of carbonyl (C=O) groups excluding carboxylic acids is 1. The minimum absolute atomic E-state index is 0.114. The molecule has 1 aromatic carbocycles. The van der Waals surface area contributed by atoms with Crippen LogP contribution in [0.25, 0.3) is 0 Å². The van der Waals surface area contributed by atoms with Crippen molar-refractivity contribution in [3.63, 3.8) is 0 Å². The summed E-state index contributed by atoms with van der Waals surface area (Å²) in [7, 11) is 0. The lowest BCUT2D eigenvalue weighted by Crippen LogP contribution is -2.10. The van der Waals surface area contributed by atoms with Gasteiger partial charge in [-0.2, -0.15) is 0 Å². The third kappa shape index (κ3) is 4.28. The summed E-state index contributed by atoms with van der Waals surface area (Å²) in [6.45, 7) is 1.68. The van der Waals surface area contributed by atoms with E-state index in [1.165, 1.54) is 6.07 Å². The molecule has 0 unspecified atom stereocenters. The Hall–Kier alpha value is -2.70. The van der Waals surface area contributed by atoms with Crippen molar-refractivity contribution in [3.8, 4) is 0 Å². The third-order valence-corrected chi connectivity index (χ3v) is 4.18. The molecule has 0 aliphatic carbocycles. The quantitative estimate of drug-likeness (QED) is 0.646. The third-order valence-electron chi connectivity index (χ3n) is 3.55. The van der Waals surface area contributed by atoms with Gasteiger partial charge in [0.15, 0.2) is 5.78 Å². The molecule has 0 amide bonds. The minimum atomic E-state index is -0.264. The van der Waals surface area contributed by atoms with Gasteiger partial charge in [-0.1, -0.05) is 29.3 Å². The van der Waals surface area contributed by atoms with Gasteiger partial charge in [-0.25, -0.2) is 9.97 Å². The van der Waals surface area contributed by atoms with E-state index in [9.17, 15) is 9.59 Å². The SMILES string of the molecule is Cc1nc(Nc2cc(CC(=O)c3c(Cl)cccc3Cl)ccn2)cc(=O)[nH]1. The van der Waals surface area contributed by atoms with E-state index >= 15 is 0 Å². The molecule has 132 valence electrons. The number of benzene rings is 1. The van der Waals surface area contributed by atoms with Gasteiger partial charge in [0, 0.05) is 18.7 Å². The Kier molecular flexibility index (Phi) is 5.35. The molecule has 0 saturated heterocycles. The number of Topliss-reactive ketones (excluding diaryl/α,β-unsaturated/α-hetero) is 1. The van der Waals surface area contributed by atoms with Gasteiger partial charge in [-0.15, -0.1) is 0 Å². The molecule has 3 rings (SSSR count). The van der Waals surface area contributed by atoms with Gasteiger partial charge in [0.25, 0.3) is 5.56 Å². The van der Waals surface area contributed by atoms with Gasteiger partial charge in [0.2, 0.25) is 0 Å². The van der Waals surface area contributed by atoms with E-state index < -0.39 is 0 Å². The number of aromatic amines is 1. The number of hydrogen-bond acceptors (Lipinski definition) is 5. The van der Waals surface area contributed by atoms with E-state index in [4.69, 9.17) is 23.2 Å². The Morgan fingerprint density at radius 3 is 2.58 bits per heavy atom. The number of nitrogens with one attached hydrogen (secondary N) is 2. The van der Waals surface area contributed by atoms with Crippen LogP contribution in [0.1, 0.15) is 21.7 Å². The summed E-state index contributed by atoms with van der Waals surface area (Å²) < 4.78 is 0. The van der Waals surface area contributed by atoms with Crippen LogP contribution < -0.4 is 10.9 Å². The number of halogens is 2. The van der Waals surface area contributed by atoms with Crippen molar-refractivity contribution in [2.24, 2.45) is 0 Å². The number of H-pyrrole nitrogens is 1. The Balaban J connectivity index is 1.81. The molecule has 6 nitrogen and oxygen atoms in total. The molecule has 0 bridgehead atoms. The molecule has 2 heterocycles. The molecule has 0 saturated carbocycles. The number of aromatic nitrogens is 3. The molecule has 8 heteroatoms. The Bertz CT molecular complexity index is 1010. The van der Waals surface area contributed by atoms with Crippen molar-refractivity contribution >= 4 is 40.6 Å². The van der Waals surface area contributed by atoms with Crippen molar-refractivity contribution in [1.82, 2.24) is 15.0 Å². The maximum atomic E-state index is 12.5. The molecule has 0 fully saturated rings. The van der Waals surface area contributed by atoms with E-state index in [0.717, 1.165) is 5.56 Å². The van der Waals surface area contributed by atoms with Crippen molar-refractivity contribution in [2.45, 2.75) is 13.3 Å². The second-order valence-electron chi connectivity index (χ2n) is 5.59. The van der Waals surface area contributed by atoms with Gasteiger partial charge in [0.05, 0.1) is 15.6 Å². The first-order chi connectivity index (χ1) is 12.4. The molecular weight excluding hydrogens is 375 g/mol. The average molecular weight is 389 g/mol. The number of pyridine rings is 1. The smallest absolute Gasteiger partial charge is 0.252 e. The van der Waals surface area contributed by atoms with Crippen LogP contribution in [0.4, 0.5) is 11.6 Å². The van der Waals surface area contributed by atoms with Crippen LogP contribution >= 0.6 is 23.2 Å². The lowest BCUT2D eigenvalue weighted by molar-refractivity contribution is 0.0993.